The number of fused-ring (bicyclic) bond motifs is 1. The molecule has 2 aromatic heterocycles. The van der Waals surface area contributed by atoms with E-state index in [2.05, 4.69) is 15.3 Å². The quantitative estimate of drug-likeness (QED) is 0.470. The van der Waals surface area contributed by atoms with Gasteiger partial charge in [-0.3, -0.25) is 14.3 Å². The molecule has 2 heterocycles. The Morgan fingerprint density at radius 1 is 1.14 bits per heavy atom. The molecule has 2 atom stereocenters. The summed E-state index contributed by atoms with van der Waals surface area (Å²) in [7, 11) is 1.20. The summed E-state index contributed by atoms with van der Waals surface area (Å²) >= 11 is 0. The van der Waals surface area contributed by atoms with Crippen molar-refractivity contribution in [2.75, 3.05) is 11.9 Å². The Morgan fingerprint density at radius 3 is 2.47 bits per heavy atom. The highest BCUT2D eigenvalue weighted by Crippen LogP contribution is 2.40. The van der Waals surface area contributed by atoms with Gasteiger partial charge in [0.1, 0.15) is 17.2 Å². The monoisotopic (exact) mass is 512 g/mol. The van der Waals surface area contributed by atoms with Crippen molar-refractivity contribution in [3.05, 3.63) is 75.0 Å². The van der Waals surface area contributed by atoms with Crippen molar-refractivity contribution in [2.45, 2.75) is 44.8 Å². The van der Waals surface area contributed by atoms with E-state index in [1.807, 2.05) is 31.2 Å². The number of nitrogens with zero attached hydrogens (tertiary/aromatic N) is 3. The maximum Gasteiger partial charge on any atom is 0.433 e. The standard InChI is InChI=1S/C24H22F6N4O2/c1-4-36-17-9-13-7-5-6-8-14(13)20(17)33-19-12(2)32-21(34(3)22(19)35)15-11-31-18(24(28,29)30)10-16(15)23(25,26)27/h5-8,10-11,17,20,33H,4,9H2,1-3H3/t17-,20?/m0/s1. The first-order valence-corrected chi connectivity index (χ1v) is 11.0. The van der Waals surface area contributed by atoms with Gasteiger partial charge in [-0.1, -0.05) is 24.3 Å². The van der Waals surface area contributed by atoms with Gasteiger partial charge in [0.05, 0.1) is 23.4 Å². The normalized spacial score (nSPS) is 17.8. The third-order valence-electron chi connectivity index (χ3n) is 6.08. The number of alkyl halides is 6. The maximum absolute atomic E-state index is 13.7. The van der Waals surface area contributed by atoms with Crippen molar-refractivity contribution in [2.24, 2.45) is 7.05 Å². The van der Waals surface area contributed by atoms with Crippen LogP contribution >= 0.6 is 0 Å². The molecule has 0 radical (unpaired) electrons. The molecule has 192 valence electrons. The Bertz CT molecular complexity index is 1350. The molecule has 0 bridgehead atoms. The molecule has 3 aromatic rings. The molecule has 0 fully saturated rings. The number of anilines is 1. The summed E-state index contributed by atoms with van der Waals surface area (Å²) < 4.78 is 86.9. The van der Waals surface area contributed by atoms with E-state index in [1.165, 1.54) is 14.0 Å². The molecule has 1 aromatic carbocycles. The van der Waals surface area contributed by atoms with Crippen LogP contribution in [0, 0.1) is 6.92 Å². The Balaban J connectivity index is 1.80. The SMILES string of the molecule is CCO[C@H]1Cc2ccccc2C1Nc1c(C)nc(-c2cnc(C(F)(F)F)cc2C(F)(F)F)n(C)c1=O. The number of benzene rings is 1. The molecule has 0 spiro atoms. The number of hydrogen-bond acceptors (Lipinski definition) is 5. The third-order valence-corrected chi connectivity index (χ3v) is 6.08. The summed E-state index contributed by atoms with van der Waals surface area (Å²) in [6.07, 6.45) is -9.45. The van der Waals surface area contributed by atoms with Crippen molar-refractivity contribution < 1.29 is 31.1 Å². The molecular formula is C24H22F6N4O2. The highest BCUT2D eigenvalue weighted by molar-refractivity contribution is 5.63. The van der Waals surface area contributed by atoms with Gasteiger partial charge in [-0.15, -0.1) is 0 Å². The van der Waals surface area contributed by atoms with E-state index in [0.29, 0.717) is 19.2 Å². The lowest BCUT2D eigenvalue weighted by Crippen LogP contribution is -2.31. The van der Waals surface area contributed by atoms with Gasteiger partial charge in [0.15, 0.2) is 0 Å². The Morgan fingerprint density at radius 2 is 1.83 bits per heavy atom. The topological polar surface area (TPSA) is 69.0 Å². The minimum absolute atomic E-state index is 0.0566. The van der Waals surface area contributed by atoms with Gasteiger partial charge in [0.2, 0.25) is 0 Å². The fraction of sp³-hybridized carbons (Fsp3) is 0.375. The molecule has 36 heavy (non-hydrogen) atoms. The van der Waals surface area contributed by atoms with Crippen molar-refractivity contribution in [1.82, 2.24) is 14.5 Å². The molecule has 1 N–H and O–H groups in total. The van der Waals surface area contributed by atoms with E-state index >= 15 is 0 Å². The van der Waals surface area contributed by atoms with E-state index < -0.39 is 46.6 Å². The number of rotatable bonds is 5. The largest absolute Gasteiger partial charge is 0.433 e. The molecule has 1 unspecified atom stereocenters. The average molecular weight is 512 g/mol. The second kappa shape index (κ2) is 9.23. The van der Waals surface area contributed by atoms with Gasteiger partial charge in [0.25, 0.3) is 5.56 Å². The number of nitrogens with one attached hydrogen (secondary N) is 1. The number of halogens is 6. The minimum atomic E-state index is -5.14. The fourth-order valence-corrected chi connectivity index (χ4v) is 4.39. The van der Waals surface area contributed by atoms with Gasteiger partial charge in [0, 0.05) is 31.8 Å². The van der Waals surface area contributed by atoms with Crippen LogP contribution in [0.3, 0.4) is 0 Å². The molecule has 1 aliphatic rings. The summed E-state index contributed by atoms with van der Waals surface area (Å²) in [4.78, 5) is 20.6. The summed E-state index contributed by atoms with van der Waals surface area (Å²) in [6.45, 7) is 3.72. The molecule has 0 saturated carbocycles. The lowest BCUT2D eigenvalue weighted by molar-refractivity contribution is -0.145. The molecule has 0 aliphatic heterocycles. The van der Waals surface area contributed by atoms with E-state index in [9.17, 15) is 31.1 Å². The van der Waals surface area contributed by atoms with Crippen molar-refractivity contribution in [3.63, 3.8) is 0 Å². The second-order valence-electron chi connectivity index (χ2n) is 8.39. The molecular weight excluding hydrogens is 490 g/mol. The number of pyridine rings is 1. The van der Waals surface area contributed by atoms with Crippen LogP contribution in [0.25, 0.3) is 11.4 Å². The number of hydrogen-bond donors (Lipinski definition) is 1. The van der Waals surface area contributed by atoms with Crippen LogP contribution in [-0.2, 0) is 30.6 Å². The molecule has 4 rings (SSSR count). The van der Waals surface area contributed by atoms with Crippen molar-refractivity contribution in [1.29, 1.82) is 0 Å². The van der Waals surface area contributed by atoms with Gasteiger partial charge < -0.3 is 10.1 Å². The van der Waals surface area contributed by atoms with Crippen LogP contribution in [0.1, 0.15) is 41.0 Å². The zero-order valence-electron chi connectivity index (χ0n) is 19.5. The molecule has 1 aliphatic carbocycles. The van der Waals surface area contributed by atoms with Crippen LogP contribution in [0.5, 0.6) is 0 Å². The molecule has 0 saturated heterocycles. The molecule has 12 heteroatoms. The zero-order valence-corrected chi connectivity index (χ0v) is 19.5. The highest BCUT2D eigenvalue weighted by atomic mass is 19.4. The summed E-state index contributed by atoms with van der Waals surface area (Å²) in [6, 6.07) is 7.11. The summed E-state index contributed by atoms with van der Waals surface area (Å²) in [5, 5.41) is 3.15. The predicted octanol–water partition coefficient (Wildman–Crippen LogP) is 5.30. The Kier molecular flexibility index (Phi) is 6.58. The van der Waals surface area contributed by atoms with Crippen molar-refractivity contribution >= 4 is 5.69 Å². The fourth-order valence-electron chi connectivity index (χ4n) is 4.39. The zero-order chi connectivity index (χ0) is 26.4. The van der Waals surface area contributed by atoms with Crippen LogP contribution in [0.2, 0.25) is 0 Å². The maximum atomic E-state index is 13.7. The summed E-state index contributed by atoms with van der Waals surface area (Å²) in [5.41, 5.74) is -2.60. The van der Waals surface area contributed by atoms with Crippen LogP contribution in [0.15, 0.2) is 41.3 Å². The van der Waals surface area contributed by atoms with Crippen LogP contribution in [-0.4, -0.2) is 27.2 Å². The van der Waals surface area contributed by atoms with Crippen molar-refractivity contribution in [3.8, 4) is 11.4 Å². The van der Waals surface area contributed by atoms with Gasteiger partial charge in [-0.25, -0.2) is 4.98 Å². The Hall–Kier alpha value is -3.41. The lowest BCUT2D eigenvalue weighted by Gasteiger charge is -2.24. The Labute approximate surface area is 202 Å². The molecule has 6 nitrogen and oxygen atoms in total. The number of aryl methyl sites for hydroxylation is 1. The second-order valence-corrected chi connectivity index (χ2v) is 8.39. The number of ether oxygens (including phenoxy) is 1. The minimum Gasteiger partial charge on any atom is -0.376 e. The van der Waals surface area contributed by atoms with E-state index in [1.54, 1.807) is 0 Å². The average Bonchev–Trinajstić information content (AvgIpc) is 3.14. The van der Waals surface area contributed by atoms with Gasteiger partial charge >= 0.3 is 12.4 Å². The van der Waals surface area contributed by atoms with E-state index in [4.69, 9.17) is 4.74 Å². The first kappa shape index (κ1) is 25.7. The number of aromatic nitrogens is 3. The van der Waals surface area contributed by atoms with E-state index in [0.717, 1.165) is 15.7 Å². The highest BCUT2D eigenvalue weighted by Gasteiger charge is 2.40. The van der Waals surface area contributed by atoms with Gasteiger partial charge in [-0.2, -0.15) is 26.3 Å². The predicted molar refractivity (Wildman–Crippen MR) is 119 cm³/mol. The molecule has 0 amide bonds. The van der Waals surface area contributed by atoms with Gasteiger partial charge in [-0.05, 0) is 31.0 Å². The van der Waals surface area contributed by atoms with E-state index in [-0.39, 0.29) is 23.6 Å². The summed E-state index contributed by atoms with van der Waals surface area (Å²) in [5.74, 6) is -0.454. The smallest absolute Gasteiger partial charge is 0.376 e. The third kappa shape index (κ3) is 4.69. The van der Waals surface area contributed by atoms with Crippen LogP contribution in [0.4, 0.5) is 32.0 Å². The first-order valence-electron chi connectivity index (χ1n) is 11.0. The van der Waals surface area contributed by atoms with Crippen LogP contribution < -0.4 is 10.9 Å². The lowest BCUT2D eigenvalue weighted by atomic mass is 10.1. The first-order chi connectivity index (χ1) is 16.8.